The lowest BCUT2D eigenvalue weighted by Gasteiger charge is -2.31. The van der Waals surface area contributed by atoms with Crippen LogP contribution in [0.15, 0.2) is 29.4 Å². The first-order valence-electron chi connectivity index (χ1n) is 8.41. The number of amides is 2. The molecule has 0 spiro atoms. The third kappa shape index (κ3) is 5.23. The summed E-state index contributed by atoms with van der Waals surface area (Å²) in [6, 6.07) is 3.13. The number of aromatic nitrogens is 1. The van der Waals surface area contributed by atoms with E-state index in [2.05, 4.69) is 15.6 Å². The zero-order chi connectivity index (χ0) is 18.3. The summed E-state index contributed by atoms with van der Waals surface area (Å²) in [4.78, 5) is 27.2. The van der Waals surface area contributed by atoms with Gasteiger partial charge in [0.1, 0.15) is 4.90 Å². The fourth-order valence-corrected chi connectivity index (χ4v) is 4.07. The van der Waals surface area contributed by atoms with Gasteiger partial charge in [0, 0.05) is 38.6 Å². The Balaban J connectivity index is 1.80. The Bertz CT molecular complexity index is 685. The molecule has 25 heavy (non-hydrogen) atoms. The van der Waals surface area contributed by atoms with E-state index in [4.69, 9.17) is 0 Å². The smallest absolute Gasteiger partial charge is 0.309 e. The summed E-state index contributed by atoms with van der Waals surface area (Å²) in [5.41, 5.74) is 0. The molecule has 1 aromatic heterocycles. The Morgan fingerprint density at radius 1 is 1.24 bits per heavy atom. The van der Waals surface area contributed by atoms with Gasteiger partial charge in [0.15, 0.2) is 0 Å². The van der Waals surface area contributed by atoms with Crippen LogP contribution in [0, 0.1) is 5.92 Å². The molecule has 0 radical (unpaired) electrons. The van der Waals surface area contributed by atoms with Crippen LogP contribution < -0.4 is 10.6 Å². The van der Waals surface area contributed by atoms with Gasteiger partial charge in [0.05, 0.1) is 0 Å². The fourth-order valence-electron chi connectivity index (χ4n) is 2.64. The number of sulfonamides is 1. The van der Waals surface area contributed by atoms with Crippen LogP contribution in [0.4, 0.5) is 0 Å². The second kappa shape index (κ2) is 8.91. The highest BCUT2D eigenvalue weighted by Crippen LogP contribution is 2.22. The summed E-state index contributed by atoms with van der Waals surface area (Å²) in [7, 11) is -3.52. The summed E-state index contributed by atoms with van der Waals surface area (Å²) < 4.78 is 26.5. The minimum atomic E-state index is -3.52. The van der Waals surface area contributed by atoms with Crippen molar-refractivity contribution in [2.24, 2.45) is 5.92 Å². The number of hydrogen-bond donors (Lipinski definition) is 2. The topological polar surface area (TPSA) is 108 Å². The molecule has 2 amide bonds. The van der Waals surface area contributed by atoms with Gasteiger partial charge in [0.2, 0.25) is 10.0 Å². The summed E-state index contributed by atoms with van der Waals surface area (Å²) in [6.45, 7) is 3.53. The lowest BCUT2D eigenvalue weighted by Crippen LogP contribution is -2.44. The molecule has 1 fully saturated rings. The number of carbonyl (C=O) groups is 2. The van der Waals surface area contributed by atoms with Gasteiger partial charge in [-0.15, -0.1) is 0 Å². The van der Waals surface area contributed by atoms with E-state index in [0.717, 1.165) is 6.42 Å². The molecular formula is C16H24N4O4S. The molecule has 2 rings (SSSR count). The first-order chi connectivity index (χ1) is 11.9. The van der Waals surface area contributed by atoms with Crippen LogP contribution >= 0.6 is 0 Å². The molecule has 1 aromatic rings. The third-order valence-electron chi connectivity index (χ3n) is 4.14. The number of carbonyl (C=O) groups excluding carboxylic acids is 2. The lowest BCUT2D eigenvalue weighted by molar-refractivity contribution is -0.139. The molecule has 0 aromatic carbocycles. The second-order valence-electron chi connectivity index (χ2n) is 6.00. The van der Waals surface area contributed by atoms with Crippen molar-refractivity contribution in [2.75, 3.05) is 26.2 Å². The van der Waals surface area contributed by atoms with Crippen molar-refractivity contribution >= 4 is 21.8 Å². The van der Waals surface area contributed by atoms with Crippen molar-refractivity contribution in [3.05, 3.63) is 24.5 Å². The Kier molecular flexibility index (Phi) is 6.89. The van der Waals surface area contributed by atoms with Gasteiger partial charge in [-0.25, -0.2) is 8.42 Å². The Morgan fingerprint density at radius 2 is 1.92 bits per heavy atom. The number of nitrogens with zero attached hydrogens (tertiary/aromatic N) is 2. The molecule has 8 nitrogen and oxygen atoms in total. The van der Waals surface area contributed by atoms with Gasteiger partial charge in [-0.05, 0) is 37.3 Å². The van der Waals surface area contributed by atoms with Crippen molar-refractivity contribution in [2.45, 2.75) is 31.1 Å². The molecule has 1 aliphatic heterocycles. The average Bonchev–Trinajstić information content (AvgIpc) is 2.65. The van der Waals surface area contributed by atoms with Crippen LogP contribution in [0.2, 0.25) is 0 Å². The molecular weight excluding hydrogens is 344 g/mol. The molecule has 1 saturated heterocycles. The van der Waals surface area contributed by atoms with Crippen LogP contribution in [0.3, 0.4) is 0 Å². The monoisotopic (exact) mass is 368 g/mol. The van der Waals surface area contributed by atoms with Gasteiger partial charge in [-0.1, -0.05) is 6.92 Å². The van der Waals surface area contributed by atoms with Crippen molar-refractivity contribution in [3.8, 4) is 0 Å². The number of piperidine rings is 1. The summed E-state index contributed by atoms with van der Waals surface area (Å²) in [6.07, 6.45) is 4.91. The quantitative estimate of drug-likeness (QED) is 0.694. The first kappa shape index (κ1) is 19.3. The normalized spacial score (nSPS) is 16.4. The van der Waals surface area contributed by atoms with E-state index in [1.54, 1.807) is 6.07 Å². The molecule has 138 valence electrons. The largest absolute Gasteiger partial charge is 0.348 e. The molecule has 2 heterocycles. The van der Waals surface area contributed by atoms with Crippen molar-refractivity contribution in [1.29, 1.82) is 0 Å². The van der Waals surface area contributed by atoms with Gasteiger partial charge < -0.3 is 10.6 Å². The maximum Gasteiger partial charge on any atom is 0.309 e. The summed E-state index contributed by atoms with van der Waals surface area (Å²) in [5, 5.41) is 5.14. The molecule has 1 aliphatic rings. The van der Waals surface area contributed by atoms with E-state index < -0.39 is 21.8 Å². The molecule has 0 bridgehead atoms. The number of rotatable bonds is 6. The highest BCUT2D eigenvalue weighted by atomic mass is 32.2. The predicted molar refractivity (Wildman–Crippen MR) is 92.0 cm³/mol. The molecule has 0 aliphatic carbocycles. The maximum atomic E-state index is 12.5. The zero-order valence-electron chi connectivity index (χ0n) is 14.3. The SMILES string of the molecule is CCCNC(=O)C(=O)NCC1CCN(S(=O)(=O)c2cccnc2)CC1. The summed E-state index contributed by atoms with van der Waals surface area (Å²) >= 11 is 0. The highest BCUT2D eigenvalue weighted by molar-refractivity contribution is 7.89. The van der Waals surface area contributed by atoms with Gasteiger partial charge in [-0.2, -0.15) is 4.31 Å². The van der Waals surface area contributed by atoms with Crippen LogP contribution in [0.1, 0.15) is 26.2 Å². The first-order valence-corrected chi connectivity index (χ1v) is 9.85. The summed E-state index contributed by atoms with van der Waals surface area (Å²) in [5.74, 6) is -1.11. The fraction of sp³-hybridized carbons (Fsp3) is 0.562. The molecule has 0 saturated carbocycles. The molecule has 9 heteroatoms. The van der Waals surface area contributed by atoms with Crippen LogP contribution in [0.25, 0.3) is 0 Å². The molecule has 0 atom stereocenters. The minimum absolute atomic E-state index is 0.156. The molecule has 2 N–H and O–H groups in total. The van der Waals surface area contributed by atoms with Crippen molar-refractivity contribution < 1.29 is 18.0 Å². The average molecular weight is 368 g/mol. The van der Waals surface area contributed by atoms with E-state index in [-0.39, 0.29) is 10.8 Å². The van der Waals surface area contributed by atoms with Gasteiger partial charge in [-0.3, -0.25) is 14.6 Å². The lowest BCUT2D eigenvalue weighted by atomic mass is 9.98. The van der Waals surface area contributed by atoms with E-state index in [0.29, 0.717) is 39.0 Å². The Hall–Kier alpha value is -2.00. The van der Waals surface area contributed by atoms with Gasteiger partial charge >= 0.3 is 11.8 Å². The van der Waals surface area contributed by atoms with E-state index in [1.165, 1.54) is 22.8 Å². The molecule has 0 unspecified atom stereocenters. The van der Waals surface area contributed by atoms with E-state index in [1.807, 2.05) is 6.92 Å². The third-order valence-corrected chi connectivity index (χ3v) is 6.02. The number of pyridine rings is 1. The predicted octanol–water partition coefficient (Wildman–Crippen LogP) is 0.125. The van der Waals surface area contributed by atoms with Crippen LogP contribution in [-0.2, 0) is 19.6 Å². The minimum Gasteiger partial charge on any atom is -0.348 e. The number of nitrogens with one attached hydrogen (secondary N) is 2. The Morgan fingerprint density at radius 3 is 2.52 bits per heavy atom. The standard InChI is InChI=1S/C16H24N4O4S/c1-2-7-18-15(21)16(22)19-11-13-5-9-20(10-6-13)25(23,24)14-4-3-8-17-12-14/h3-4,8,12-13H,2,5-7,9-11H2,1H3,(H,18,21)(H,19,22). The highest BCUT2D eigenvalue weighted by Gasteiger charge is 2.29. The van der Waals surface area contributed by atoms with Gasteiger partial charge in [0.25, 0.3) is 0 Å². The number of hydrogen-bond acceptors (Lipinski definition) is 5. The Labute approximate surface area is 148 Å². The van der Waals surface area contributed by atoms with Crippen LogP contribution in [0.5, 0.6) is 0 Å². The van der Waals surface area contributed by atoms with E-state index >= 15 is 0 Å². The van der Waals surface area contributed by atoms with Crippen molar-refractivity contribution in [3.63, 3.8) is 0 Å². The van der Waals surface area contributed by atoms with E-state index in [9.17, 15) is 18.0 Å². The zero-order valence-corrected chi connectivity index (χ0v) is 15.1. The maximum absolute atomic E-state index is 12.5. The van der Waals surface area contributed by atoms with Crippen molar-refractivity contribution in [1.82, 2.24) is 19.9 Å². The van der Waals surface area contributed by atoms with Crippen LogP contribution in [-0.4, -0.2) is 55.7 Å². The second-order valence-corrected chi connectivity index (χ2v) is 7.94.